The summed E-state index contributed by atoms with van der Waals surface area (Å²) in [5.41, 5.74) is -1.10. The van der Waals surface area contributed by atoms with Crippen molar-refractivity contribution in [3.05, 3.63) is 46.3 Å². The lowest BCUT2D eigenvalue weighted by Gasteiger charge is -2.25. The van der Waals surface area contributed by atoms with Crippen molar-refractivity contribution in [2.45, 2.75) is 30.2 Å². The van der Waals surface area contributed by atoms with Crippen molar-refractivity contribution in [2.24, 2.45) is 5.14 Å². The van der Waals surface area contributed by atoms with Crippen molar-refractivity contribution >= 4 is 38.9 Å². The van der Waals surface area contributed by atoms with Crippen LogP contribution in [-0.2, 0) is 21.4 Å². The number of primary sulfonamides is 1. The number of hydrogen-bond donors (Lipinski definition) is 2. The fraction of sp³-hybridized carbons (Fsp3) is 0.267. The van der Waals surface area contributed by atoms with Crippen molar-refractivity contribution < 1.29 is 17.9 Å². The third kappa shape index (κ3) is 4.94. The minimum atomic E-state index is -3.72. The van der Waals surface area contributed by atoms with Gasteiger partial charge in [-0.25, -0.2) is 13.6 Å². The van der Waals surface area contributed by atoms with Gasteiger partial charge in [-0.2, -0.15) is 0 Å². The maximum Gasteiger partial charge on any atom is 0.263 e. The Morgan fingerprint density at radius 1 is 1.25 bits per heavy atom. The Morgan fingerprint density at radius 3 is 2.42 bits per heavy atom. The first-order valence-electron chi connectivity index (χ1n) is 6.92. The first-order chi connectivity index (χ1) is 11.1. The maximum absolute atomic E-state index is 12.3. The van der Waals surface area contributed by atoms with Crippen molar-refractivity contribution in [2.75, 3.05) is 0 Å². The summed E-state index contributed by atoms with van der Waals surface area (Å²) in [6.45, 7) is 3.47. The number of thiophene rings is 1. The van der Waals surface area contributed by atoms with Crippen molar-refractivity contribution in [1.29, 1.82) is 0 Å². The number of sulfonamides is 1. The molecular formula is C15H17ClN2O4S2. The number of rotatable bonds is 6. The topological polar surface area (TPSA) is 98.5 Å². The molecule has 6 nitrogen and oxygen atoms in total. The number of hydrogen-bond acceptors (Lipinski definition) is 5. The molecule has 0 fully saturated rings. The van der Waals surface area contributed by atoms with Gasteiger partial charge in [0, 0.05) is 9.90 Å². The molecule has 0 aliphatic rings. The van der Waals surface area contributed by atoms with Crippen LogP contribution in [-0.4, -0.2) is 19.9 Å². The van der Waals surface area contributed by atoms with E-state index in [4.69, 9.17) is 21.5 Å². The van der Waals surface area contributed by atoms with Gasteiger partial charge < -0.3 is 10.1 Å². The van der Waals surface area contributed by atoms with Crippen molar-refractivity contribution in [3.8, 4) is 5.75 Å². The Hall–Kier alpha value is -1.61. The number of benzene rings is 1. The Balaban J connectivity index is 1.97. The third-order valence-electron chi connectivity index (χ3n) is 3.07. The average Bonchev–Trinajstić information content (AvgIpc) is 2.96. The van der Waals surface area contributed by atoms with E-state index in [1.54, 1.807) is 44.2 Å². The zero-order valence-electron chi connectivity index (χ0n) is 13.1. The van der Waals surface area contributed by atoms with Crippen LogP contribution in [0.25, 0.3) is 0 Å². The Bertz CT molecular complexity index is 829. The standard InChI is InChI=1S/C15H17ClN2O4S2/c1-15(2,22-11-5-3-10(16)4-6-11)14(19)18-9-12-7-8-13(23-12)24(17,20)21/h3-8H,9H2,1-2H3,(H,18,19)(H2,17,20,21). The van der Waals surface area contributed by atoms with E-state index >= 15 is 0 Å². The molecule has 0 aliphatic heterocycles. The van der Waals surface area contributed by atoms with Crippen LogP contribution in [0.5, 0.6) is 5.75 Å². The second kappa shape index (κ2) is 7.10. The number of nitrogens with two attached hydrogens (primary N) is 1. The quantitative estimate of drug-likeness (QED) is 0.794. The predicted octanol–water partition coefficient (Wildman–Crippen LogP) is 2.52. The molecule has 0 radical (unpaired) electrons. The molecule has 0 saturated heterocycles. The molecule has 1 amide bonds. The van der Waals surface area contributed by atoms with Crippen LogP contribution < -0.4 is 15.2 Å². The van der Waals surface area contributed by atoms with Gasteiger partial charge in [0.15, 0.2) is 5.60 Å². The smallest absolute Gasteiger partial charge is 0.263 e. The van der Waals surface area contributed by atoms with Crippen molar-refractivity contribution in [3.63, 3.8) is 0 Å². The molecular weight excluding hydrogens is 372 g/mol. The van der Waals surface area contributed by atoms with E-state index in [0.29, 0.717) is 15.6 Å². The van der Waals surface area contributed by atoms with Gasteiger partial charge >= 0.3 is 0 Å². The predicted molar refractivity (Wildman–Crippen MR) is 93.7 cm³/mol. The molecule has 1 heterocycles. The van der Waals surface area contributed by atoms with E-state index in [0.717, 1.165) is 11.3 Å². The highest BCUT2D eigenvalue weighted by atomic mass is 35.5. The summed E-state index contributed by atoms with van der Waals surface area (Å²) in [6.07, 6.45) is 0. The van der Waals surface area contributed by atoms with Crippen LogP contribution in [0.15, 0.2) is 40.6 Å². The summed E-state index contributed by atoms with van der Waals surface area (Å²) in [7, 11) is -3.72. The summed E-state index contributed by atoms with van der Waals surface area (Å²) in [5.74, 6) is 0.190. The lowest BCUT2D eigenvalue weighted by atomic mass is 10.1. The average molecular weight is 389 g/mol. The second-order valence-corrected chi connectivity index (χ2v) is 8.91. The molecule has 0 aliphatic carbocycles. The number of carbonyl (C=O) groups is 1. The van der Waals surface area contributed by atoms with Crippen LogP contribution in [0.3, 0.4) is 0 Å². The minimum Gasteiger partial charge on any atom is -0.478 e. The Morgan fingerprint density at radius 2 is 1.88 bits per heavy atom. The molecule has 0 unspecified atom stereocenters. The lowest BCUT2D eigenvalue weighted by Crippen LogP contribution is -2.46. The maximum atomic E-state index is 12.3. The summed E-state index contributed by atoms with van der Waals surface area (Å²) in [5, 5.41) is 8.35. The van der Waals surface area contributed by atoms with Crippen LogP contribution in [0.4, 0.5) is 0 Å². The largest absolute Gasteiger partial charge is 0.478 e. The first-order valence-corrected chi connectivity index (χ1v) is 9.66. The summed E-state index contributed by atoms with van der Waals surface area (Å²) in [4.78, 5) is 13.0. The SMILES string of the molecule is CC(C)(Oc1ccc(Cl)cc1)C(=O)NCc1ccc(S(N)(=O)=O)s1. The van der Waals surface area contributed by atoms with Gasteiger partial charge in [0.1, 0.15) is 9.96 Å². The first kappa shape index (κ1) is 18.7. The Labute approximate surface area is 149 Å². The van der Waals surface area contributed by atoms with E-state index in [1.807, 2.05) is 0 Å². The van der Waals surface area contributed by atoms with Gasteiger partial charge in [0.2, 0.25) is 10.0 Å². The fourth-order valence-electron chi connectivity index (χ4n) is 1.83. The van der Waals surface area contributed by atoms with Crippen LogP contribution in [0, 0.1) is 0 Å². The van der Waals surface area contributed by atoms with E-state index in [2.05, 4.69) is 5.32 Å². The highest BCUT2D eigenvalue weighted by molar-refractivity contribution is 7.91. The van der Waals surface area contributed by atoms with Gasteiger partial charge in [-0.05, 0) is 50.2 Å². The molecule has 0 saturated carbocycles. The van der Waals surface area contributed by atoms with E-state index < -0.39 is 15.6 Å². The van der Waals surface area contributed by atoms with Gasteiger partial charge in [-0.15, -0.1) is 11.3 Å². The number of nitrogens with one attached hydrogen (secondary N) is 1. The normalized spacial score (nSPS) is 12.0. The summed E-state index contributed by atoms with van der Waals surface area (Å²) < 4.78 is 28.2. The second-order valence-electron chi connectivity index (χ2n) is 5.51. The number of carbonyl (C=O) groups excluding carboxylic acids is 1. The fourth-order valence-corrected chi connectivity index (χ4v) is 3.67. The Kier molecular flexibility index (Phi) is 5.54. The highest BCUT2D eigenvalue weighted by Gasteiger charge is 2.29. The molecule has 0 atom stereocenters. The molecule has 1 aromatic heterocycles. The monoisotopic (exact) mass is 388 g/mol. The van der Waals surface area contributed by atoms with Crippen LogP contribution in [0.2, 0.25) is 5.02 Å². The molecule has 0 bridgehead atoms. The molecule has 130 valence electrons. The zero-order chi connectivity index (χ0) is 18.0. The van der Waals surface area contributed by atoms with E-state index in [-0.39, 0.29) is 16.7 Å². The van der Waals surface area contributed by atoms with Gasteiger partial charge in [0.05, 0.1) is 6.54 Å². The highest BCUT2D eigenvalue weighted by Crippen LogP contribution is 2.22. The molecule has 2 rings (SSSR count). The van der Waals surface area contributed by atoms with Gasteiger partial charge in [-0.1, -0.05) is 11.6 Å². The molecule has 0 spiro atoms. The van der Waals surface area contributed by atoms with Crippen LogP contribution in [0.1, 0.15) is 18.7 Å². The molecule has 1 aromatic carbocycles. The molecule has 3 N–H and O–H groups in total. The number of ether oxygens (including phenoxy) is 1. The molecule has 2 aromatic rings. The van der Waals surface area contributed by atoms with Crippen LogP contribution >= 0.6 is 22.9 Å². The number of amides is 1. The van der Waals surface area contributed by atoms with E-state index in [1.165, 1.54) is 6.07 Å². The number of halogens is 1. The third-order valence-corrected chi connectivity index (χ3v) is 5.85. The molecule has 9 heteroatoms. The van der Waals surface area contributed by atoms with Gasteiger partial charge in [0.25, 0.3) is 5.91 Å². The van der Waals surface area contributed by atoms with E-state index in [9.17, 15) is 13.2 Å². The summed E-state index contributed by atoms with van der Waals surface area (Å²) in [6, 6.07) is 9.72. The van der Waals surface area contributed by atoms with Gasteiger partial charge in [-0.3, -0.25) is 4.79 Å². The summed E-state index contributed by atoms with van der Waals surface area (Å²) >= 11 is 6.83. The minimum absolute atomic E-state index is 0.0587. The molecule has 24 heavy (non-hydrogen) atoms. The zero-order valence-corrected chi connectivity index (χ0v) is 15.5. The van der Waals surface area contributed by atoms with Crippen molar-refractivity contribution in [1.82, 2.24) is 5.32 Å². The lowest BCUT2D eigenvalue weighted by molar-refractivity contribution is -0.134.